The van der Waals surface area contributed by atoms with Crippen LogP contribution in [0, 0.1) is 0 Å². The molecular formula is C9H12Br2O3Si. The molecule has 1 aromatic carbocycles. The average Bonchev–Trinajstić information content (AvgIpc) is 2.20. The molecule has 0 aliphatic carbocycles. The van der Waals surface area contributed by atoms with Gasteiger partial charge in [0.1, 0.15) is 0 Å². The maximum Gasteiger partial charge on any atom is 0.536 e. The van der Waals surface area contributed by atoms with Crippen molar-refractivity contribution in [3.05, 3.63) is 27.1 Å². The third-order valence-electron chi connectivity index (χ3n) is 2.02. The highest BCUT2D eigenvalue weighted by molar-refractivity contribution is 9.11. The fourth-order valence-electron chi connectivity index (χ4n) is 1.33. The zero-order valence-corrected chi connectivity index (χ0v) is 12.9. The lowest BCUT2D eigenvalue weighted by molar-refractivity contribution is 0.140. The van der Waals surface area contributed by atoms with E-state index in [9.17, 15) is 0 Å². The van der Waals surface area contributed by atoms with Gasteiger partial charge in [0, 0.05) is 35.5 Å². The Hall–Kier alpha value is 0.277. The van der Waals surface area contributed by atoms with E-state index in [2.05, 4.69) is 31.9 Å². The summed E-state index contributed by atoms with van der Waals surface area (Å²) in [5.41, 5.74) is 0. The van der Waals surface area contributed by atoms with Gasteiger partial charge >= 0.3 is 8.80 Å². The van der Waals surface area contributed by atoms with E-state index >= 15 is 0 Å². The van der Waals surface area contributed by atoms with Crippen molar-refractivity contribution >= 4 is 45.9 Å². The summed E-state index contributed by atoms with van der Waals surface area (Å²) >= 11 is 6.84. The molecule has 84 valence electrons. The molecule has 0 amide bonds. The highest BCUT2D eigenvalue weighted by Gasteiger charge is 2.41. The molecule has 0 aliphatic rings. The number of rotatable bonds is 4. The van der Waals surface area contributed by atoms with Gasteiger partial charge in [-0.25, -0.2) is 0 Å². The van der Waals surface area contributed by atoms with Crippen LogP contribution in [0.3, 0.4) is 0 Å². The zero-order valence-electron chi connectivity index (χ0n) is 8.71. The van der Waals surface area contributed by atoms with Crippen molar-refractivity contribution in [2.24, 2.45) is 0 Å². The van der Waals surface area contributed by atoms with E-state index in [0.717, 1.165) is 14.1 Å². The van der Waals surface area contributed by atoms with Crippen LogP contribution in [0.4, 0.5) is 0 Å². The van der Waals surface area contributed by atoms with Gasteiger partial charge in [-0.05, 0) is 18.2 Å². The average molecular weight is 356 g/mol. The zero-order chi connectivity index (χ0) is 11.5. The molecular weight excluding hydrogens is 344 g/mol. The van der Waals surface area contributed by atoms with Crippen LogP contribution >= 0.6 is 31.9 Å². The third-order valence-corrected chi connectivity index (χ3v) is 5.55. The molecule has 3 nitrogen and oxygen atoms in total. The Morgan fingerprint density at radius 1 is 0.867 bits per heavy atom. The van der Waals surface area contributed by atoms with Gasteiger partial charge in [-0.15, -0.1) is 0 Å². The lowest BCUT2D eigenvalue weighted by atomic mass is 10.4. The van der Waals surface area contributed by atoms with Crippen LogP contribution in [0.15, 0.2) is 27.1 Å². The molecule has 0 N–H and O–H groups in total. The molecule has 0 saturated heterocycles. The van der Waals surface area contributed by atoms with Crippen LogP contribution in [0.5, 0.6) is 0 Å². The molecule has 0 bridgehead atoms. The van der Waals surface area contributed by atoms with Gasteiger partial charge in [-0.1, -0.05) is 31.9 Å². The van der Waals surface area contributed by atoms with Crippen LogP contribution in [0.2, 0.25) is 0 Å². The lowest BCUT2D eigenvalue weighted by Crippen LogP contribution is -2.54. The molecule has 0 spiro atoms. The largest absolute Gasteiger partial charge is 0.536 e. The molecule has 15 heavy (non-hydrogen) atoms. The summed E-state index contributed by atoms with van der Waals surface area (Å²) in [6.45, 7) is 0. The van der Waals surface area contributed by atoms with Crippen molar-refractivity contribution < 1.29 is 13.3 Å². The first-order valence-electron chi connectivity index (χ1n) is 4.20. The summed E-state index contributed by atoms with van der Waals surface area (Å²) in [4.78, 5) is 0. The molecule has 0 aliphatic heterocycles. The summed E-state index contributed by atoms with van der Waals surface area (Å²) in [7, 11) is 2.06. The summed E-state index contributed by atoms with van der Waals surface area (Å²) in [5.74, 6) is 0. The number of hydrogen-bond acceptors (Lipinski definition) is 3. The first-order valence-corrected chi connectivity index (χ1v) is 7.51. The van der Waals surface area contributed by atoms with Gasteiger partial charge in [0.05, 0.1) is 0 Å². The Balaban J connectivity index is 3.22. The summed E-state index contributed by atoms with van der Waals surface area (Å²) in [5, 5.41) is 0.913. The van der Waals surface area contributed by atoms with Crippen molar-refractivity contribution in [2.75, 3.05) is 21.3 Å². The predicted octanol–water partition coefficient (Wildman–Crippen LogP) is 2.30. The summed E-state index contributed by atoms with van der Waals surface area (Å²) in [6, 6.07) is 5.82. The van der Waals surface area contributed by atoms with Gasteiger partial charge < -0.3 is 13.3 Å². The summed E-state index contributed by atoms with van der Waals surface area (Å²) < 4.78 is 18.1. The minimum atomic E-state index is -2.72. The Kier molecular flexibility index (Phi) is 4.94. The van der Waals surface area contributed by atoms with E-state index in [1.54, 1.807) is 21.3 Å². The fraction of sp³-hybridized carbons (Fsp3) is 0.333. The van der Waals surface area contributed by atoms with Crippen molar-refractivity contribution in [3.8, 4) is 0 Å². The minimum Gasteiger partial charge on any atom is -0.373 e. The molecule has 0 aromatic heterocycles. The maximum atomic E-state index is 5.39. The molecule has 0 saturated carbocycles. The van der Waals surface area contributed by atoms with Crippen LogP contribution in [-0.4, -0.2) is 30.1 Å². The highest BCUT2D eigenvalue weighted by Crippen LogP contribution is 2.18. The second-order valence-corrected chi connectivity index (χ2v) is 7.57. The van der Waals surface area contributed by atoms with E-state index in [1.807, 2.05) is 18.2 Å². The Morgan fingerprint density at radius 2 is 1.27 bits per heavy atom. The van der Waals surface area contributed by atoms with Crippen molar-refractivity contribution in [3.63, 3.8) is 0 Å². The Labute approximate surface area is 107 Å². The minimum absolute atomic E-state index is 0.913. The number of benzene rings is 1. The number of halogens is 2. The third kappa shape index (κ3) is 2.89. The molecule has 6 heteroatoms. The van der Waals surface area contributed by atoms with Crippen LogP contribution in [0.25, 0.3) is 0 Å². The molecule has 0 fully saturated rings. The van der Waals surface area contributed by atoms with Gasteiger partial charge in [0.15, 0.2) is 0 Å². The fourth-order valence-corrected chi connectivity index (χ4v) is 4.92. The Bertz CT molecular complexity index is 314. The van der Waals surface area contributed by atoms with Gasteiger partial charge in [-0.3, -0.25) is 0 Å². The first-order chi connectivity index (χ1) is 7.07. The monoisotopic (exact) mass is 354 g/mol. The van der Waals surface area contributed by atoms with Crippen LogP contribution in [0.1, 0.15) is 0 Å². The molecule has 0 atom stereocenters. The quantitative estimate of drug-likeness (QED) is 0.775. The summed E-state index contributed by atoms with van der Waals surface area (Å²) in [6.07, 6.45) is 0. The molecule has 0 radical (unpaired) electrons. The molecule has 0 heterocycles. The molecule has 1 aromatic rings. The predicted molar refractivity (Wildman–Crippen MR) is 68.3 cm³/mol. The lowest BCUT2D eigenvalue weighted by Gasteiger charge is -2.24. The maximum absolute atomic E-state index is 5.39. The van der Waals surface area contributed by atoms with E-state index in [4.69, 9.17) is 13.3 Å². The van der Waals surface area contributed by atoms with Crippen molar-refractivity contribution in [2.45, 2.75) is 0 Å². The second kappa shape index (κ2) is 5.56. The van der Waals surface area contributed by atoms with Crippen LogP contribution in [-0.2, 0) is 13.3 Å². The van der Waals surface area contributed by atoms with Crippen molar-refractivity contribution in [1.82, 2.24) is 0 Å². The van der Waals surface area contributed by atoms with Crippen LogP contribution < -0.4 is 5.19 Å². The van der Waals surface area contributed by atoms with Gasteiger partial charge in [0.2, 0.25) is 0 Å². The van der Waals surface area contributed by atoms with E-state index in [1.165, 1.54) is 0 Å². The van der Waals surface area contributed by atoms with E-state index in [0.29, 0.717) is 0 Å². The highest BCUT2D eigenvalue weighted by atomic mass is 79.9. The standard InChI is InChI=1S/C9H12Br2O3Si/c1-12-15(13-2,14-3)9-5-7(10)4-8(11)6-9/h4-6H,1-3H3. The molecule has 1 rings (SSSR count). The van der Waals surface area contributed by atoms with E-state index < -0.39 is 8.80 Å². The first kappa shape index (κ1) is 13.3. The number of hydrogen-bond donors (Lipinski definition) is 0. The second-order valence-electron chi connectivity index (χ2n) is 2.83. The van der Waals surface area contributed by atoms with Crippen molar-refractivity contribution in [1.29, 1.82) is 0 Å². The van der Waals surface area contributed by atoms with Gasteiger partial charge in [-0.2, -0.15) is 0 Å². The SMILES string of the molecule is CO[Si](OC)(OC)c1cc(Br)cc(Br)c1. The molecule has 0 unspecified atom stereocenters. The smallest absolute Gasteiger partial charge is 0.373 e. The Morgan fingerprint density at radius 3 is 1.60 bits per heavy atom. The van der Waals surface area contributed by atoms with Gasteiger partial charge in [0.25, 0.3) is 0 Å². The normalized spacial score (nSPS) is 11.8. The van der Waals surface area contributed by atoms with E-state index in [-0.39, 0.29) is 0 Å². The topological polar surface area (TPSA) is 27.7 Å².